The minimum absolute atomic E-state index is 0.427. The molecule has 1 heterocycles. The van der Waals surface area contributed by atoms with Crippen LogP contribution < -0.4 is 5.32 Å². The zero-order chi connectivity index (χ0) is 14.6. The zero-order valence-corrected chi connectivity index (χ0v) is 13.4. The Balaban J connectivity index is 2.05. The number of aromatic nitrogens is 2. The van der Waals surface area contributed by atoms with Crippen LogP contribution in [-0.4, -0.2) is 23.1 Å². The van der Waals surface area contributed by atoms with Crippen molar-refractivity contribution in [2.75, 3.05) is 13.1 Å². The summed E-state index contributed by atoms with van der Waals surface area (Å²) in [6, 6.07) is 0. The zero-order valence-electron chi connectivity index (χ0n) is 13.4. The van der Waals surface area contributed by atoms with Crippen molar-refractivity contribution >= 4 is 0 Å². The third-order valence-corrected chi connectivity index (χ3v) is 4.46. The van der Waals surface area contributed by atoms with Gasteiger partial charge in [-0.2, -0.15) is 0 Å². The van der Waals surface area contributed by atoms with Gasteiger partial charge >= 0.3 is 0 Å². The number of rotatable bonds is 5. The van der Waals surface area contributed by atoms with Crippen molar-refractivity contribution in [3.05, 3.63) is 24.3 Å². The Kier molecular flexibility index (Phi) is 5.14. The summed E-state index contributed by atoms with van der Waals surface area (Å²) in [4.78, 5) is 8.84. The van der Waals surface area contributed by atoms with Crippen LogP contribution >= 0.6 is 0 Å². The van der Waals surface area contributed by atoms with Crippen molar-refractivity contribution in [1.29, 1.82) is 0 Å². The molecule has 20 heavy (non-hydrogen) atoms. The topological polar surface area (TPSA) is 37.8 Å². The first-order valence-corrected chi connectivity index (χ1v) is 7.94. The van der Waals surface area contributed by atoms with Crippen LogP contribution in [0, 0.1) is 17.3 Å². The number of nitrogens with one attached hydrogen (secondary N) is 1. The second-order valence-corrected chi connectivity index (χ2v) is 7.46. The van der Waals surface area contributed by atoms with Crippen LogP contribution in [-0.2, 0) is 0 Å². The average molecular weight is 275 g/mol. The first-order chi connectivity index (χ1) is 9.48. The van der Waals surface area contributed by atoms with Crippen LogP contribution in [0.2, 0.25) is 0 Å². The normalized spacial score (nSPS) is 25.9. The standard InChI is InChI=1S/C17H29N3/c1-13(2)10-19-11-14-5-6-17(3,4)9-15(14)16-12-18-7-8-20-16/h7-8,12-15,19H,5-6,9-11H2,1-4H3. The van der Waals surface area contributed by atoms with Crippen molar-refractivity contribution in [3.8, 4) is 0 Å². The van der Waals surface area contributed by atoms with Gasteiger partial charge in [-0.05, 0) is 49.6 Å². The van der Waals surface area contributed by atoms with Crippen molar-refractivity contribution < 1.29 is 0 Å². The number of hydrogen-bond donors (Lipinski definition) is 1. The molecule has 0 aromatic carbocycles. The third-order valence-electron chi connectivity index (χ3n) is 4.46. The summed E-state index contributed by atoms with van der Waals surface area (Å²) in [6.07, 6.45) is 9.39. The average Bonchev–Trinajstić information content (AvgIpc) is 2.40. The summed E-state index contributed by atoms with van der Waals surface area (Å²) in [5, 5.41) is 3.63. The Morgan fingerprint density at radius 3 is 2.80 bits per heavy atom. The Labute approximate surface area is 123 Å². The molecule has 2 unspecified atom stereocenters. The molecule has 0 spiro atoms. The summed E-state index contributed by atoms with van der Waals surface area (Å²) in [7, 11) is 0. The second kappa shape index (κ2) is 6.66. The smallest absolute Gasteiger partial charge is 0.0620 e. The highest BCUT2D eigenvalue weighted by atomic mass is 14.9. The van der Waals surface area contributed by atoms with Crippen LogP contribution in [0.15, 0.2) is 18.6 Å². The lowest BCUT2D eigenvalue weighted by molar-refractivity contribution is 0.156. The lowest BCUT2D eigenvalue weighted by Crippen LogP contribution is -2.36. The fourth-order valence-electron chi connectivity index (χ4n) is 3.29. The van der Waals surface area contributed by atoms with E-state index in [0.29, 0.717) is 23.2 Å². The van der Waals surface area contributed by atoms with Crippen molar-refractivity contribution in [3.63, 3.8) is 0 Å². The SMILES string of the molecule is CC(C)CNCC1CCC(C)(C)CC1c1cnccn1. The molecule has 1 fully saturated rings. The lowest BCUT2D eigenvalue weighted by atomic mass is 9.66. The monoisotopic (exact) mass is 275 g/mol. The maximum atomic E-state index is 4.57. The van der Waals surface area contributed by atoms with Crippen molar-refractivity contribution in [2.24, 2.45) is 17.3 Å². The highest BCUT2D eigenvalue weighted by Gasteiger charge is 2.36. The van der Waals surface area contributed by atoms with E-state index in [1.165, 1.54) is 25.0 Å². The fraction of sp³-hybridized carbons (Fsp3) is 0.765. The Morgan fingerprint density at radius 2 is 2.15 bits per heavy atom. The molecular weight excluding hydrogens is 246 g/mol. The molecule has 3 heteroatoms. The molecular formula is C17H29N3. The molecule has 1 aliphatic rings. The molecule has 112 valence electrons. The van der Waals surface area contributed by atoms with Gasteiger partial charge in [0.05, 0.1) is 5.69 Å². The van der Waals surface area contributed by atoms with Gasteiger partial charge in [0.15, 0.2) is 0 Å². The fourth-order valence-corrected chi connectivity index (χ4v) is 3.29. The van der Waals surface area contributed by atoms with Crippen LogP contribution in [0.4, 0.5) is 0 Å². The highest BCUT2D eigenvalue weighted by Crippen LogP contribution is 2.45. The predicted molar refractivity (Wildman–Crippen MR) is 83.6 cm³/mol. The van der Waals surface area contributed by atoms with Crippen LogP contribution in [0.1, 0.15) is 58.6 Å². The first-order valence-electron chi connectivity index (χ1n) is 7.94. The minimum Gasteiger partial charge on any atom is -0.316 e. The molecule has 2 atom stereocenters. The maximum absolute atomic E-state index is 4.57. The van der Waals surface area contributed by atoms with Gasteiger partial charge in [-0.1, -0.05) is 27.7 Å². The van der Waals surface area contributed by atoms with E-state index in [-0.39, 0.29) is 0 Å². The van der Waals surface area contributed by atoms with Gasteiger partial charge in [-0.25, -0.2) is 0 Å². The van der Waals surface area contributed by atoms with E-state index in [1.807, 2.05) is 12.4 Å². The van der Waals surface area contributed by atoms with E-state index in [4.69, 9.17) is 0 Å². The van der Waals surface area contributed by atoms with E-state index in [0.717, 1.165) is 13.1 Å². The van der Waals surface area contributed by atoms with Gasteiger partial charge in [0, 0.05) is 24.5 Å². The summed E-state index contributed by atoms with van der Waals surface area (Å²) >= 11 is 0. The Hall–Kier alpha value is -0.960. The van der Waals surface area contributed by atoms with Gasteiger partial charge < -0.3 is 5.32 Å². The van der Waals surface area contributed by atoms with Gasteiger partial charge in [0.1, 0.15) is 0 Å². The molecule has 3 nitrogen and oxygen atoms in total. The van der Waals surface area contributed by atoms with Crippen molar-refractivity contribution in [2.45, 2.75) is 52.9 Å². The molecule has 1 aromatic heterocycles. The van der Waals surface area contributed by atoms with E-state index >= 15 is 0 Å². The van der Waals surface area contributed by atoms with E-state index in [1.54, 1.807) is 6.20 Å². The number of nitrogens with zero attached hydrogens (tertiary/aromatic N) is 2. The van der Waals surface area contributed by atoms with E-state index < -0.39 is 0 Å². The Bertz CT molecular complexity index is 400. The first kappa shape index (κ1) is 15.4. The lowest BCUT2D eigenvalue weighted by Gasteiger charge is -2.40. The molecule has 0 saturated heterocycles. The Morgan fingerprint density at radius 1 is 1.35 bits per heavy atom. The van der Waals surface area contributed by atoms with E-state index in [9.17, 15) is 0 Å². The van der Waals surface area contributed by atoms with Crippen LogP contribution in [0.5, 0.6) is 0 Å². The largest absolute Gasteiger partial charge is 0.316 e. The summed E-state index contributed by atoms with van der Waals surface area (Å²) < 4.78 is 0. The number of hydrogen-bond acceptors (Lipinski definition) is 3. The van der Waals surface area contributed by atoms with Crippen molar-refractivity contribution in [1.82, 2.24) is 15.3 Å². The summed E-state index contributed by atoms with van der Waals surface area (Å²) in [6.45, 7) is 11.5. The van der Waals surface area contributed by atoms with Crippen LogP contribution in [0.25, 0.3) is 0 Å². The van der Waals surface area contributed by atoms with Gasteiger partial charge in [0.2, 0.25) is 0 Å². The molecule has 1 N–H and O–H groups in total. The molecule has 0 amide bonds. The minimum atomic E-state index is 0.427. The highest BCUT2D eigenvalue weighted by molar-refractivity contribution is 5.09. The maximum Gasteiger partial charge on any atom is 0.0620 e. The quantitative estimate of drug-likeness (QED) is 0.891. The molecule has 1 aliphatic carbocycles. The second-order valence-electron chi connectivity index (χ2n) is 7.46. The summed E-state index contributed by atoms with van der Waals surface area (Å²) in [5.74, 6) is 1.95. The molecule has 0 radical (unpaired) electrons. The molecule has 0 bridgehead atoms. The third kappa shape index (κ3) is 4.27. The summed E-state index contributed by atoms with van der Waals surface area (Å²) in [5.41, 5.74) is 1.60. The van der Waals surface area contributed by atoms with Gasteiger partial charge in [-0.3, -0.25) is 9.97 Å². The molecule has 0 aliphatic heterocycles. The van der Waals surface area contributed by atoms with Crippen LogP contribution in [0.3, 0.4) is 0 Å². The van der Waals surface area contributed by atoms with Gasteiger partial charge in [-0.15, -0.1) is 0 Å². The van der Waals surface area contributed by atoms with E-state index in [2.05, 4.69) is 43.0 Å². The van der Waals surface area contributed by atoms with Gasteiger partial charge in [0.25, 0.3) is 0 Å². The molecule has 2 rings (SSSR count). The predicted octanol–water partition coefficient (Wildman–Crippen LogP) is 3.63. The molecule has 1 saturated carbocycles. The molecule has 1 aromatic rings.